The zero-order chi connectivity index (χ0) is 30.8. The number of nitrogens with one attached hydrogen (secondary N) is 4. The summed E-state index contributed by atoms with van der Waals surface area (Å²) in [5.74, 6) is -0.652. The maximum atomic E-state index is 13.3. The Balaban J connectivity index is 1.25. The molecule has 0 unspecified atom stereocenters. The number of carbonyl (C=O) groups excluding carboxylic acids is 5. The van der Waals surface area contributed by atoms with Gasteiger partial charge in [-0.1, -0.05) is 0 Å². The molecule has 43 heavy (non-hydrogen) atoms. The van der Waals surface area contributed by atoms with Gasteiger partial charge in [0.1, 0.15) is 24.0 Å². The normalized spacial score (nSPS) is 24.2. The molecule has 0 aliphatic heterocycles. The quantitative estimate of drug-likeness (QED) is 0.265. The number of anilines is 1. The number of hydrogen-bond donors (Lipinski definition) is 4. The predicted octanol–water partition coefficient (Wildman–Crippen LogP) is 2.15. The van der Waals surface area contributed by atoms with Crippen LogP contribution in [0.1, 0.15) is 60.3 Å². The van der Waals surface area contributed by atoms with Crippen LogP contribution in [0, 0.1) is 30.6 Å². The molecule has 2 aromatic rings. The maximum absolute atomic E-state index is 13.3. The van der Waals surface area contributed by atoms with Gasteiger partial charge in [-0.3, -0.25) is 28.8 Å². The highest BCUT2D eigenvalue weighted by Gasteiger charge is 2.48. The van der Waals surface area contributed by atoms with Crippen molar-refractivity contribution in [1.82, 2.24) is 25.5 Å². The lowest BCUT2D eigenvalue weighted by Crippen LogP contribution is -2.56. The van der Waals surface area contributed by atoms with Crippen molar-refractivity contribution in [2.24, 2.45) is 23.7 Å². The Kier molecular flexibility index (Phi) is 9.45. The number of ketones is 1. The standard InChI is InChI=1S/C29H35BrN6O6S/c1-14-23(35-29(30)43-14)27(41)32-19(5-6-21(37)26(40)31-2)25(39)33-20-4-3-7-36(28(20)42)13-22(38)34-24-17-9-15-8-16(11-17)12-18(24)10-15/h3-4,7,15-19,24H,5-6,8-13H2,1-2H3,(H,31,40)(H,32,41)(H,33,39)(H,34,38)/t15?,16?,17?,18?,19-,24?/m0/s1. The molecule has 4 aliphatic rings. The zero-order valence-electron chi connectivity index (χ0n) is 24.0. The summed E-state index contributed by atoms with van der Waals surface area (Å²) < 4.78 is 1.73. The molecular weight excluding hydrogens is 640 g/mol. The second kappa shape index (κ2) is 13.1. The first-order chi connectivity index (χ1) is 20.5. The minimum absolute atomic E-state index is 0.0839. The molecule has 2 heterocycles. The molecule has 4 N–H and O–H groups in total. The second-order valence-corrected chi connectivity index (χ2v) is 14.3. The molecular formula is C29H35BrN6O6S. The first-order valence-corrected chi connectivity index (χ1v) is 16.1. The summed E-state index contributed by atoms with van der Waals surface area (Å²) in [4.78, 5) is 81.1. The summed E-state index contributed by atoms with van der Waals surface area (Å²) in [6, 6.07) is 1.84. The number of carbonyl (C=O) groups is 5. The number of hydrogen-bond acceptors (Lipinski definition) is 8. The lowest BCUT2D eigenvalue weighted by molar-refractivity contribution is -0.137. The van der Waals surface area contributed by atoms with Crippen molar-refractivity contribution < 1.29 is 24.0 Å². The number of rotatable bonds is 11. The Labute approximate surface area is 260 Å². The minimum atomic E-state index is -1.26. The number of likely N-dealkylation sites (N-methyl/N-ethyl adjacent to an activating group) is 1. The van der Waals surface area contributed by atoms with E-state index in [9.17, 15) is 28.8 Å². The number of amides is 4. The number of pyridine rings is 1. The first-order valence-electron chi connectivity index (χ1n) is 14.5. The van der Waals surface area contributed by atoms with Crippen LogP contribution in [0.3, 0.4) is 0 Å². The van der Waals surface area contributed by atoms with E-state index >= 15 is 0 Å². The molecule has 12 nitrogen and oxygen atoms in total. The first kappa shape index (κ1) is 31.0. The summed E-state index contributed by atoms with van der Waals surface area (Å²) in [7, 11) is 1.32. The van der Waals surface area contributed by atoms with Gasteiger partial charge in [0, 0.05) is 30.6 Å². The van der Waals surface area contributed by atoms with Gasteiger partial charge in [-0.15, -0.1) is 11.3 Å². The van der Waals surface area contributed by atoms with Crippen LogP contribution in [0.5, 0.6) is 0 Å². The van der Waals surface area contributed by atoms with Crippen molar-refractivity contribution in [2.75, 3.05) is 12.4 Å². The zero-order valence-corrected chi connectivity index (χ0v) is 26.4. The summed E-state index contributed by atoms with van der Waals surface area (Å²) in [6.07, 6.45) is 6.93. The topological polar surface area (TPSA) is 168 Å². The van der Waals surface area contributed by atoms with Gasteiger partial charge >= 0.3 is 0 Å². The van der Waals surface area contributed by atoms with Crippen LogP contribution in [0.15, 0.2) is 27.0 Å². The van der Waals surface area contributed by atoms with Crippen molar-refractivity contribution in [2.45, 2.75) is 70.5 Å². The molecule has 4 bridgehead atoms. The van der Waals surface area contributed by atoms with Crippen molar-refractivity contribution in [3.63, 3.8) is 0 Å². The highest BCUT2D eigenvalue weighted by atomic mass is 79.9. The van der Waals surface area contributed by atoms with Crippen molar-refractivity contribution in [3.8, 4) is 0 Å². The Morgan fingerprint density at radius 3 is 2.37 bits per heavy atom. The largest absolute Gasteiger partial charge is 0.353 e. The van der Waals surface area contributed by atoms with E-state index in [1.54, 1.807) is 13.0 Å². The third-order valence-electron chi connectivity index (χ3n) is 8.89. The van der Waals surface area contributed by atoms with Crippen molar-refractivity contribution >= 4 is 62.4 Å². The average Bonchev–Trinajstić information content (AvgIpc) is 3.31. The summed E-state index contributed by atoms with van der Waals surface area (Å²) in [6.45, 7) is 1.51. The summed E-state index contributed by atoms with van der Waals surface area (Å²) >= 11 is 4.48. The van der Waals surface area contributed by atoms with Crippen LogP contribution in [0.4, 0.5) is 5.69 Å². The maximum Gasteiger partial charge on any atom is 0.287 e. The van der Waals surface area contributed by atoms with Crippen LogP contribution in [-0.4, -0.2) is 58.1 Å². The molecule has 230 valence electrons. The van der Waals surface area contributed by atoms with Crippen LogP contribution in [0.2, 0.25) is 0 Å². The third kappa shape index (κ3) is 7.06. The van der Waals surface area contributed by atoms with Gasteiger partial charge in [-0.25, -0.2) is 4.98 Å². The van der Waals surface area contributed by atoms with Gasteiger partial charge < -0.3 is 25.8 Å². The van der Waals surface area contributed by atoms with Gasteiger partial charge in [0.05, 0.1) is 0 Å². The molecule has 0 radical (unpaired) electrons. The van der Waals surface area contributed by atoms with Crippen molar-refractivity contribution in [1.29, 1.82) is 0 Å². The van der Waals surface area contributed by atoms with Gasteiger partial charge in [0.2, 0.25) is 17.6 Å². The molecule has 0 spiro atoms. The Morgan fingerprint density at radius 2 is 1.77 bits per heavy atom. The van der Waals surface area contributed by atoms with E-state index in [0.29, 0.717) is 20.6 Å². The van der Waals surface area contributed by atoms with Crippen LogP contribution < -0.4 is 26.8 Å². The average molecular weight is 676 g/mol. The predicted molar refractivity (Wildman–Crippen MR) is 162 cm³/mol. The van der Waals surface area contributed by atoms with Gasteiger partial charge in [-0.2, -0.15) is 0 Å². The number of halogens is 1. The highest BCUT2D eigenvalue weighted by Crippen LogP contribution is 2.53. The SMILES string of the molecule is CNC(=O)C(=O)CC[C@H](NC(=O)c1nc(Br)sc1C)C(=O)Nc1cccn(CC(=O)NC2C3CC4CC(C3)CC2C4)c1=O. The lowest BCUT2D eigenvalue weighted by Gasteiger charge is -2.54. The number of thiazole rings is 1. The van der Waals surface area contributed by atoms with E-state index in [0.717, 1.165) is 37.5 Å². The van der Waals surface area contributed by atoms with E-state index in [1.165, 1.54) is 41.6 Å². The molecule has 4 fully saturated rings. The molecule has 2 aromatic heterocycles. The molecule has 4 aliphatic carbocycles. The second-order valence-electron chi connectivity index (χ2n) is 11.8. The molecule has 0 saturated heterocycles. The number of aryl methyl sites for hydroxylation is 1. The number of Topliss-reactive ketones (excluding diaryl/α,β-unsaturated/α-hetero) is 1. The number of aromatic nitrogens is 2. The fourth-order valence-electron chi connectivity index (χ4n) is 7.12. The molecule has 0 aromatic carbocycles. The fourth-order valence-corrected chi connectivity index (χ4v) is 8.65. The van der Waals surface area contributed by atoms with Crippen molar-refractivity contribution in [3.05, 3.63) is 43.2 Å². The Morgan fingerprint density at radius 1 is 1.09 bits per heavy atom. The lowest BCUT2D eigenvalue weighted by atomic mass is 9.54. The van der Waals surface area contributed by atoms with Crippen LogP contribution in [0.25, 0.3) is 0 Å². The number of nitrogens with zero attached hydrogens (tertiary/aromatic N) is 2. The van der Waals surface area contributed by atoms with E-state index in [1.807, 2.05) is 0 Å². The summed E-state index contributed by atoms with van der Waals surface area (Å²) in [5.41, 5.74) is -0.555. The monoisotopic (exact) mass is 674 g/mol. The fraction of sp³-hybridized carbons (Fsp3) is 0.552. The van der Waals surface area contributed by atoms with Crippen LogP contribution >= 0.6 is 27.3 Å². The Hall–Kier alpha value is -3.39. The molecule has 4 amide bonds. The molecule has 1 atom stereocenters. The van der Waals surface area contributed by atoms with Gasteiger partial charge in [0.25, 0.3) is 17.4 Å². The van der Waals surface area contributed by atoms with E-state index in [4.69, 9.17) is 0 Å². The molecule has 6 rings (SSSR count). The molecule has 4 saturated carbocycles. The van der Waals surface area contributed by atoms with E-state index in [2.05, 4.69) is 42.2 Å². The van der Waals surface area contributed by atoms with Crippen LogP contribution in [-0.2, 0) is 25.7 Å². The highest BCUT2D eigenvalue weighted by molar-refractivity contribution is 9.11. The van der Waals surface area contributed by atoms with Gasteiger partial charge in [-0.05, 0) is 97.2 Å². The smallest absolute Gasteiger partial charge is 0.287 e. The summed E-state index contributed by atoms with van der Waals surface area (Å²) in [5, 5.41) is 10.5. The minimum Gasteiger partial charge on any atom is -0.353 e. The van der Waals surface area contributed by atoms with Gasteiger partial charge in [0.15, 0.2) is 3.92 Å². The third-order valence-corrected chi connectivity index (χ3v) is 10.3. The Bertz CT molecular complexity index is 1480. The van der Waals surface area contributed by atoms with E-state index < -0.39 is 35.1 Å². The molecule has 14 heteroatoms. The van der Waals surface area contributed by atoms with E-state index in [-0.39, 0.29) is 42.7 Å².